The van der Waals surface area contributed by atoms with Crippen LogP contribution < -0.4 is 11.1 Å². The Balaban J connectivity index is 2.19. The van der Waals surface area contributed by atoms with E-state index in [4.69, 9.17) is 17.3 Å². The minimum absolute atomic E-state index is 0.205. The van der Waals surface area contributed by atoms with Gasteiger partial charge in [-0.2, -0.15) is 0 Å². The minimum Gasteiger partial charge on any atom is -0.399 e. The molecule has 1 amide bonds. The summed E-state index contributed by atoms with van der Waals surface area (Å²) in [6.07, 6.45) is 0. The fraction of sp³-hybridized carbons (Fsp3) is 0. The Morgan fingerprint density at radius 2 is 1.83 bits per heavy atom. The summed E-state index contributed by atoms with van der Waals surface area (Å²) in [5.74, 6) is -0.205. The molecule has 0 fully saturated rings. The number of anilines is 2. The smallest absolute Gasteiger partial charge is 0.256 e. The predicted octanol–water partition coefficient (Wildman–Crippen LogP) is 3.94. The summed E-state index contributed by atoms with van der Waals surface area (Å²) in [4.78, 5) is 12.0. The standard InChI is InChI=1S/C13H10BrClN2O/c14-12-7-8(15)1-6-11(12)13(18)17-10-4-2-9(16)3-5-10/h1-7H,16H2,(H,17,18). The molecule has 0 spiro atoms. The van der Waals surface area contributed by atoms with Gasteiger partial charge in [-0.05, 0) is 58.4 Å². The van der Waals surface area contributed by atoms with Crippen LogP contribution in [0, 0.1) is 0 Å². The molecule has 0 heterocycles. The topological polar surface area (TPSA) is 55.1 Å². The number of carbonyl (C=O) groups excluding carboxylic acids is 1. The average molecular weight is 326 g/mol. The van der Waals surface area contributed by atoms with Gasteiger partial charge in [-0.3, -0.25) is 4.79 Å². The number of hydrogen-bond donors (Lipinski definition) is 2. The first-order chi connectivity index (χ1) is 8.56. The van der Waals surface area contributed by atoms with Gasteiger partial charge in [0.1, 0.15) is 0 Å². The molecule has 3 N–H and O–H groups in total. The van der Waals surface area contributed by atoms with Crippen molar-refractivity contribution in [1.29, 1.82) is 0 Å². The number of nitrogen functional groups attached to an aromatic ring is 1. The number of hydrogen-bond acceptors (Lipinski definition) is 2. The molecule has 0 aliphatic heterocycles. The second-order valence-electron chi connectivity index (χ2n) is 3.70. The lowest BCUT2D eigenvalue weighted by atomic mass is 10.2. The largest absolute Gasteiger partial charge is 0.399 e. The van der Waals surface area contributed by atoms with Crippen molar-refractivity contribution >= 4 is 44.8 Å². The van der Waals surface area contributed by atoms with Crippen molar-refractivity contribution in [3.05, 3.63) is 57.5 Å². The molecule has 3 nitrogen and oxygen atoms in total. The molecule has 92 valence electrons. The maximum Gasteiger partial charge on any atom is 0.256 e. The molecule has 0 saturated carbocycles. The first-order valence-electron chi connectivity index (χ1n) is 5.18. The number of rotatable bonds is 2. The molecule has 0 atom stereocenters. The third kappa shape index (κ3) is 3.03. The lowest BCUT2D eigenvalue weighted by molar-refractivity contribution is 0.102. The van der Waals surface area contributed by atoms with Gasteiger partial charge in [0.25, 0.3) is 5.91 Å². The second kappa shape index (κ2) is 5.42. The van der Waals surface area contributed by atoms with Crippen molar-refractivity contribution in [3.63, 3.8) is 0 Å². The van der Waals surface area contributed by atoms with E-state index >= 15 is 0 Å². The van der Waals surface area contributed by atoms with Gasteiger partial charge >= 0.3 is 0 Å². The van der Waals surface area contributed by atoms with Gasteiger partial charge in [0.05, 0.1) is 5.56 Å². The highest BCUT2D eigenvalue weighted by Gasteiger charge is 2.10. The summed E-state index contributed by atoms with van der Waals surface area (Å²) in [5.41, 5.74) is 7.44. The molecule has 0 bridgehead atoms. The Kier molecular flexibility index (Phi) is 3.89. The van der Waals surface area contributed by atoms with Crippen molar-refractivity contribution in [2.75, 3.05) is 11.1 Å². The molecule has 5 heteroatoms. The van der Waals surface area contributed by atoms with Gasteiger partial charge < -0.3 is 11.1 Å². The van der Waals surface area contributed by atoms with E-state index in [0.717, 1.165) is 0 Å². The zero-order chi connectivity index (χ0) is 13.1. The maximum absolute atomic E-state index is 12.0. The lowest BCUT2D eigenvalue weighted by Gasteiger charge is -2.07. The molecule has 0 aliphatic rings. The van der Waals surface area contributed by atoms with Crippen LogP contribution in [0.5, 0.6) is 0 Å². The molecule has 0 aliphatic carbocycles. The highest BCUT2D eigenvalue weighted by atomic mass is 79.9. The number of benzene rings is 2. The van der Waals surface area contributed by atoms with E-state index in [-0.39, 0.29) is 5.91 Å². The summed E-state index contributed by atoms with van der Waals surface area (Å²) in [7, 11) is 0. The molecular formula is C13H10BrClN2O. The van der Waals surface area contributed by atoms with Crippen LogP contribution in [-0.4, -0.2) is 5.91 Å². The van der Waals surface area contributed by atoms with Gasteiger partial charge in [-0.1, -0.05) is 11.6 Å². The van der Waals surface area contributed by atoms with Gasteiger partial charge in [0.15, 0.2) is 0 Å². The summed E-state index contributed by atoms with van der Waals surface area (Å²) < 4.78 is 0.656. The Hall–Kier alpha value is -1.52. The Labute approximate surface area is 118 Å². The SMILES string of the molecule is Nc1ccc(NC(=O)c2ccc(Cl)cc2Br)cc1. The normalized spacial score (nSPS) is 10.1. The average Bonchev–Trinajstić information content (AvgIpc) is 2.32. The number of amides is 1. The minimum atomic E-state index is -0.205. The number of nitrogens with two attached hydrogens (primary N) is 1. The number of nitrogens with one attached hydrogen (secondary N) is 1. The van der Waals surface area contributed by atoms with Gasteiger partial charge in [-0.15, -0.1) is 0 Å². The molecule has 18 heavy (non-hydrogen) atoms. The van der Waals surface area contributed by atoms with Crippen LogP contribution in [0.25, 0.3) is 0 Å². The molecule has 2 aromatic carbocycles. The zero-order valence-corrected chi connectivity index (χ0v) is 11.6. The Morgan fingerprint density at radius 1 is 1.17 bits per heavy atom. The molecule has 2 rings (SSSR count). The quantitative estimate of drug-likeness (QED) is 0.822. The number of carbonyl (C=O) groups is 1. The third-order valence-corrected chi connectivity index (χ3v) is 3.24. The van der Waals surface area contributed by atoms with E-state index in [1.165, 1.54) is 0 Å². The van der Waals surface area contributed by atoms with E-state index < -0.39 is 0 Å². The summed E-state index contributed by atoms with van der Waals surface area (Å²) in [6.45, 7) is 0. The summed E-state index contributed by atoms with van der Waals surface area (Å²) in [6, 6.07) is 12.0. The van der Waals surface area contributed by atoms with Crippen LogP contribution in [0.3, 0.4) is 0 Å². The van der Waals surface area contributed by atoms with Crippen LogP contribution in [-0.2, 0) is 0 Å². The van der Waals surface area contributed by atoms with Crippen molar-refractivity contribution in [1.82, 2.24) is 0 Å². The molecule has 0 radical (unpaired) electrons. The molecule has 0 unspecified atom stereocenters. The van der Waals surface area contributed by atoms with Crippen molar-refractivity contribution in [3.8, 4) is 0 Å². The highest BCUT2D eigenvalue weighted by molar-refractivity contribution is 9.10. The van der Waals surface area contributed by atoms with Crippen LogP contribution >= 0.6 is 27.5 Å². The lowest BCUT2D eigenvalue weighted by Crippen LogP contribution is -2.12. The first kappa shape index (κ1) is 12.9. The van der Waals surface area contributed by atoms with Crippen molar-refractivity contribution < 1.29 is 4.79 Å². The van der Waals surface area contributed by atoms with Crippen molar-refractivity contribution in [2.24, 2.45) is 0 Å². The Bertz CT molecular complexity index is 584. The third-order valence-electron chi connectivity index (χ3n) is 2.34. The zero-order valence-electron chi connectivity index (χ0n) is 9.28. The summed E-state index contributed by atoms with van der Waals surface area (Å²) in [5, 5.41) is 3.35. The van der Waals surface area contributed by atoms with E-state index in [9.17, 15) is 4.79 Å². The van der Waals surface area contributed by atoms with Crippen LogP contribution in [0.2, 0.25) is 5.02 Å². The highest BCUT2D eigenvalue weighted by Crippen LogP contribution is 2.22. The molecule has 0 aromatic heterocycles. The maximum atomic E-state index is 12.0. The fourth-order valence-electron chi connectivity index (χ4n) is 1.44. The van der Waals surface area contributed by atoms with Crippen LogP contribution in [0.1, 0.15) is 10.4 Å². The van der Waals surface area contributed by atoms with Crippen molar-refractivity contribution in [2.45, 2.75) is 0 Å². The monoisotopic (exact) mass is 324 g/mol. The molecular weight excluding hydrogens is 316 g/mol. The van der Waals surface area contributed by atoms with E-state index in [1.807, 2.05) is 0 Å². The van der Waals surface area contributed by atoms with Gasteiger partial charge in [0, 0.05) is 20.9 Å². The summed E-state index contributed by atoms with van der Waals surface area (Å²) >= 11 is 9.13. The molecule has 2 aromatic rings. The van der Waals surface area contributed by atoms with Crippen LogP contribution in [0.15, 0.2) is 46.9 Å². The van der Waals surface area contributed by atoms with Gasteiger partial charge in [-0.25, -0.2) is 0 Å². The van der Waals surface area contributed by atoms with Crippen LogP contribution in [0.4, 0.5) is 11.4 Å². The Morgan fingerprint density at radius 3 is 2.44 bits per heavy atom. The van der Waals surface area contributed by atoms with E-state index in [0.29, 0.717) is 26.4 Å². The second-order valence-corrected chi connectivity index (χ2v) is 4.99. The van der Waals surface area contributed by atoms with E-state index in [1.54, 1.807) is 42.5 Å². The fourth-order valence-corrected chi connectivity index (χ4v) is 2.30. The van der Waals surface area contributed by atoms with Gasteiger partial charge in [0.2, 0.25) is 0 Å². The predicted molar refractivity (Wildman–Crippen MR) is 78.0 cm³/mol. The van der Waals surface area contributed by atoms with E-state index in [2.05, 4.69) is 21.2 Å². The number of halogens is 2. The molecule has 0 saturated heterocycles. The first-order valence-corrected chi connectivity index (χ1v) is 6.35.